The van der Waals surface area contributed by atoms with Gasteiger partial charge < -0.3 is 14.2 Å². The van der Waals surface area contributed by atoms with E-state index in [1.165, 1.54) is 44.8 Å². The van der Waals surface area contributed by atoms with Crippen LogP contribution in [0.25, 0.3) is 10.6 Å². The molecule has 0 N–H and O–H groups in total. The van der Waals surface area contributed by atoms with E-state index in [2.05, 4.69) is 10.2 Å². The van der Waals surface area contributed by atoms with Crippen molar-refractivity contribution in [1.82, 2.24) is 10.2 Å². The first-order valence-corrected chi connectivity index (χ1v) is 10.4. The first-order chi connectivity index (χ1) is 14.0. The fourth-order valence-electron chi connectivity index (χ4n) is 2.60. The van der Waals surface area contributed by atoms with Gasteiger partial charge >= 0.3 is 0 Å². The fraction of sp³-hybridized carbons (Fsp3) is 0.222. The summed E-state index contributed by atoms with van der Waals surface area (Å²) in [7, 11) is 3.05. The van der Waals surface area contributed by atoms with Crippen molar-refractivity contribution in [3.05, 3.63) is 52.1 Å². The molecule has 0 aliphatic carbocycles. The van der Waals surface area contributed by atoms with Gasteiger partial charge in [-0.05, 0) is 17.7 Å². The van der Waals surface area contributed by atoms with Crippen molar-refractivity contribution in [3.63, 3.8) is 0 Å². The van der Waals surface area contributed by atoms with Gasteiger partial charge in [0.2, 0.25) is 10.1 Å². The van der Waals surface area contributed by atoms with Crippen LogP contribution in [0.15, 0.2) is 40.7 Å². The van der Waals surface area contributed by atoms with Crippen LogP contribution in [0.2, 0.25) is 0 Å². The molecule has 3 rings (SSSR count). The Bertz CT molecular complexity index is 1040. The Morgan fingerprint density at radius 2 is 1.76 bits per heavy atom. The van der Waals surface area contributed by atoms with E-state index in [1.807, 2.05) is 0 Å². The van der Waals surface area contributed by atoms with Crippen LogP contribution in [-0.2, 0) is 16.6 Å². The Kier molecular flexibility index (Phi) is 6.39. The van der Waals surface area contributed by atoms with E-state index in [4.69, 9.17) is 14.2 Å². The van der Waals surface area contributed by atoms with E-state index in [0.717, 1.165) is 0 Å². The van der Waals surface area contributed by atoms with Gasteiger partial charge in [0.25, 0.3) is 5.69 Å². The van der Waals surface area contributed by atoms with Crippen molar-refractivity contribution in [3.8, 4) is 27.8 Å². The lowest BCUT2D eigenvalue weighted by Crippen LogP contribution is -1.97. The second kappa shape index (κ2) is 8.97. The first kappa shape index (κ1) is 20.7. The molecule has 9 nitrogen and oxygen atoms in total. The number of ether oxygens (including phenoxy) is 3. The predicted molar refractivity (Wildman–Crippen MR) is 108 cm³/mol. The molecule has 0 radical (unpaired) electrons. The third-order valence-electron chi connectivity index (χ3n) is 3.93. The van der Waals surface area contributed by atoms with Gasteiger partial charge in [-0.2, -0.15) is 0 Å². The van der Waals surface area contributed by atoms with Crippen molar-refractivity contribution < 1.29 is 23.3 Å². The number of nitro benzene ring substituents is 1. The zero-order chi connectivity index (χ0) is 21.0. The zero-order valence-electron chi connectivity index (χ0n) is 15.8. The monoisotopic (exact) mass is 435 g/mol. The quantitative estimate of drug-likeness (QED) is 0.390. The summed E-state index contributed by atoms with van der Waals surface area (Å²) in [5.41, 5.74) is 1.22. The molecule has 0 fully saturated rings. The van der Waals surface area contributed by atoms with Gasteiger partial charge in [-0.1, -0.05) is 23.5 Å². The molecule has 0 spiro atoms. The van der Waals surface area contributed by atoms with Crippen LogP contribution in [0.4, 0.5) is 5.69 Å². The van der Waals surface area contributed by atoms with Crippen molar-refractivity contribution in [2.75, 3.05) is 21.3 Å². The molecule has 0 aliphatic heterocycles. The molecule has 1 aromatic heterocycles. The van der Waals surface area contributed by atoms with Crippen LogP contribution in [0.3, 0.4) is 0 Å². The summed E-state index contributed by atoms with van der Waals surface area (Å²) >= 11 is 1.17. The number of rotatable bonds is 8. The summed E-state index contributed by atoms with van der Waals surface area (Å²) in [6.45, 7) is 0. The van der Waals surface area contributed by atoms with Gasteiger partial charge in [0.1, 0.15) is 5.01 Å². The van der Waals surface area contributed by atoms with Gasteiger partial charge in [0, 0.05) is 17.7 Å². The molecule has 1 unspecified atom stereocenters. The Morgan fingerprint density at radius 3 is 2.34 bits per heavy atom. The molecule has 0 aliphatic rings. The third kappa shape index (κ3) is 4.51. The highest BCUT2D eigenvalue weighted by atomic mass is 32.2. The Hall–Kier alpha value is -3.05. The van der Waals surface area contributed by atoms with Crippen LogP contribution in [0, 0.1) is 10.1 Å². The molecule has 11 heteroatoms. The average Bonchev–Trinajstić information content (AvgIpc) is 3.23. The van der Waals surface area contributed by atoms with E-state index < -0.39 is 15.7 Å². The summed E-state index contributed by atoms with van der Waals surface area (Å²) < 4.78 is 29.0. The maximum Gasteiger partial charge on any atom is 0.269 e. The number of benzene rings is 2. The summed E-state index contributed by atoms with van der Waals surface area (Å²) in [5, 5.41) is 19.6. The van der Waals surface area contributed by atoms with E-state index in [0.29, 0.717) is 37.7 Å². The van der Waals surface area contributed by atoms with Crippen LogP contribution in [-0.4, -0.2) is 40.7 Å². The highest BCUT2D eigenvalue weighted by Crippen LogP contribution is 2.41. The number of nitrogens with zero attached hydrogens (tertiary/aromatic N) is 3. The van der Waals surface area contributed by atoms with Gasteiger partial charge in [0.05, 0.1) is 42.8 Å². The smallest absolute Gasteiger partial charge is 0.269 e. The van der Waals surface area contributed by atoms with Crippen LogP contribution in [0.1, 0.15) is 5.56 Å². The van der Waals surface area contributed by atoms with Crippen LogP contribution >= 0.6 is 11.3 Å². The van der Waals surface area contributed by atoms with Gasteiger partial charge in [-0.25, -0.2) is 0 Å². The number of aromatic nitrogens is 2. The van der Waals surface area contributed by atoms with Gasteiger partial charge in [-0.3, -0.25) is 14.3 Å². The van der Waals surface area contributed by atoms with Gasteiger partial charge in [-0.15, -0.1) is 10.2 Å². The topological polar surface area (TPSA) is 114 Å². The minimum absolute atomic E-state index is 0.0464. The average molecular weight is 435 g/mol. The van der Waals surface area contributed by atoms with Crippen molar-refractivity contribution in [2.45, 2.75) is 10.1 Å². The molecule has 29 heavy (non-hydrogen) atoms. The van der Waals surface area contributed by atoms with Crippen molar-refractivity contribution in [1.29, 1.82) is 0 Å². The molecule has 1 atom stereocenters. The Labute approximate surface area is 172 Å². The normalized spacial score (nSPS) is 11.7. The molecule has 3 aromatic rings. The van der Waals surface area contributed by atoms with Crippen molar-refractivity contribution >= 4 is 27.8 Å². The lowest BCUT2D eigenvalue weighted by molar-refractivity contribution is -0.384. The SMILES string of the molecule is COc1cc(-c2nnc(S(=O)Cc3cccc([N+](=O)[O-])c3)s2)cc(OC)c1OC. The molecule has 0 saturated carbocycles. The second-order valence-electron chi connectivity index (χ2n) is 5.70. The lowest BCUT2D eigenvalue weighted by atomic mass is 10.2. The standard InChI is InChI=1S/C18H17N3O6S2/c1-25-14-8-12(9-15(26-2)16(14)27-3)17-19-20-18(28-17)29(24)10-11-5-4-6-13(7-11)21(22)23/h4-9H,10H2,1-3H3. The molecule has 2 aromatic carbocycles. The summed E-state index contributed by atoms with van der Waals surface area (Å²) in [6.07, 6.45) is 0. The Balaban J connectivity index is 1.86. The summed E-state index contributed by atoms with van der Waals surface area (Å²) in [6, 6.07) is 9.50. The maximum atomic E-state index is 12.7. The number of methoxy groups -OCH3 is 3. The van der Waals surface area contributed by atoms with Gasteiger partial charge in [0.15, 0.2) is 11.5 Å². The van der Waals surface area contributed by atoms with E-state index in [9.17, 15) is 14.3 Å². The highest BCUT2D eigenvalue weighted by Gasteiger charge is 2.19. The largest absolute Gasteiger partial charge is 0.493 e. The third-order valence-corrected chi connectivity index (χ3v) is 6.57. The Morgan fingerprint density at radius 1 is 1.07 bits per heavy atom. The number of nitro groups is 1. The molecular weight excluding hydrogens is 418 g/mol. The molecule has 0 amide bonds. The maximum absolute atomic E-state index is 12.7. The summed E-state index contributed by atoms with van der Waals surface area (Å²) in [4.78, 5) is 10.4. The lowest BCUT2D eigenvalue weighted by Gasteiger charge is -2.13. The second-order valence-corrected chi connectivity index (χ2v) is 8.31. The minimum Gasteiger partial charge on any atom is -0.493 e. The molecule has 1 heterocycles. The number of non-ortho nitro benzene ring substituents is 1. The van der Waals surface area contributed by atoms with Crippen LogP contribution < -0.4 is 14.2 Å². The van der Waals surface area contributed by atoms with Crippen LogP contribution in [0.5, 0.6) is 17.2 Å². The predicted octanol–water partition coefficient (Wildman–Crippen LogP) is 3.45. The number of hydrogen-bond donors (Lipinski definition) is 0. The minimum atomic E-state index is -1.49. The highest BCUT2D eigenvalue weighted by molar-refractivity contribution is 7.86. The van der Waals surface area contributed by atoms with E-state index in [1.54, 1.807) is 24.3 Å². The summed E-state index contributed by atoms with van der Waals surface area (Å²) in [5.74, 6) is 1.50. The first-order valence-electron chi connectivity index (χ1n) is 8.22. The molecular formula is C18H17N3O6S2. The van der Waals surface area contributed by atoms with Crippen molar-refractivity contribution in [2.24, 2.45) is 0 Å². The fourth-order valence-corrected chi connectivity index (χ4v) is 4.68. The number of hydrogen-bond acceptors (Lipinski definition) is 9. The zero-order valence-corrected chi connectivity index (χ0v) is 17.4. The molecule has 0 saturated heterocycles. The molecule has 152 valence electrons. The van der Waals surface area contributed by atoms with E-state index in [-0.39, 0.29) is 11.4 Å². The van der Waals surface area contributed by atoms with E-state index >= 15 is 0 Å². The molecule has 0 bridgehead atoms.